The van der Waals surface area contributed by atoms with E-state index in [1.165, 1.54) is 12.5 Å². The summed E-state index contributed by atoms with van der Waals surface area (Å²) in [5.41, 5.74) is -0.198. The van der Waals surface area contributed by atoms with Crippen molar-refractivity contribution in [2.75, 3.05) is 6.61 Å². The first kappa shape index (κ1) is 21.1. The second kappa shape index (κ2) is 8.80. The van der Waals surface area contributed by atoms with Gasteiger partial charge in [-0.1, -0.05) is 43.2 Å². The van der Waals surface area contributed by atoms with Gasteiger partial charge in [-0.2, -0.15) is 4.42 Å². The Bertz CT molecular complexity index is 693. The Morgan fingerprint density at radius 3 is 2.64 bits per heavy atom. The number of amides is 2. The number of benzene rings is 1. The van der Waals surface area contributed by atoms with Gasteiger partial charge in [-0.05, 0) is 37.7 Å². The Kier molecular flexibility index (Phi) is 6.63. The molecule has 3 rings (SSSR count). The summed E-state index contributed by atoms with van der Waals surface area (Å²) in [6.07, 6.45) is 4.74. The van der Waals surface area contributed by atoms with Gasteiger partial charge in [0.2, 0.25) is 5.91 Å². The lowest BCUT2D eigenvalue weighted by Gasteiger charge is -2.41. The zero-order valence-electron chi connectivity index (χ0n) is 16.2. The molecule has 1 aromatic rings. The van der Waals surface area contributed by atoms with Crippen molar-refractivity contribution in [3.63, 3.8) is 0 Å². The van der Waals surface area contributed by atoms with E-state index in [0.29, 0.717) is 36.7 Å². The standard InChI is InChI=1S/C21H28ClNO5/c1-16(24)23(22)19(25)28-18-11-13-21(15-27-21)20(26,14-18)12-7-3-6-10-17-8-4-2-5-9-17/h2,4-5,8-9,18,26H,3,6-7,10-15H2,1H3/t18-,20+,21+/m1/s1. The average molecular weight is 410 g/mol. The van der Waals surface area contributed by atoms with Crippen molar-refractivity contribution in [1.29, 1.82) is 0 Å². The highest BCUT2D eigenvalue weighted by atomic mass is 35.5. The van der Waals surface area contributed by atoms with Crippen LogP contribution in [0.3, 0.4) is 0 Å². The number of hydrogen-bond donors (Lipinski definition) is 1. The van der Waals surface area contributed by atoms with Gasteiger partial charge in [-0.15, -0.1) is 0 Å². The minimum absolute atomic E-state index is 0.306. The van der Waals surface area contributed by atoms with Crippen molar-refractivity contribution in [3.05, 3.63) is 35.9 Å². The molecule has 0 unspecified atom stereocenters. The topological polar surface area (TPSA) is 79.4 Å². The molecule has 3 atom stereocenters. The van der Waals surface area contributed by atoms with E-state index in [4.69, 9.17) is 21.3 Å². The summed E-state index contributed by atoms with van der Waals surface area (Å²) >= 11 is 5.62. The fourth-order valence-electron chi connectivity index (χ4n) is 4.11. The highest BCUT2D eigenvalue weighted by molar-refractivity contribution is 6.28. The fourth-order valence-corrected chi connectivity index (χ4v) is 4.15. The summed E-state index contributed by atoms with van der Waals surface area (Å²) in [6.45, 7) is 1.73. The van der Waals surface area contributed by atoms with Crippen molar-refractivity contribution < 1.29 is 24.2 Å². The molecule has 1 saturated carbocycles. The molecule has 1 aromatic carbocycles. The summed E-state index contributed by atoms with van der Waals surface area (Å²) in [4.78, 5) is 23.1. The van der Waals surface area contributed by atoms with Crippen molar-refractivity contribution in [3.8, 4) is 0 Å². The van der Waals surface area contributed by atoms with Crippen LogP contribution in [0, 0.1) is 0 Å². The second-order valence-corrected chi connectivity index (χ2v) is 8.25. The number of imide groups is 1. The number of epoxide rings is 1. The molecule has 2 amide bonds. The van der Waals surface area contributed by atoms with Crippen molar-refractivity contribution in [2.45, 2.75) is 75.6 Å². The maximum absolute atomic E-state index is 11.9. The average Bonchev–Trinajstić information content (AvgIpc) is 3.46. The van der Waals surface area contributed by atoms with E-state index < -0.39 is 29.3 Å². The Hall–Kier alpha value is -1.63. The van der Waals surface area contributed by atoms with E-state index in [0.717, 1.165) is 25.7 Å². The van der Waals surface area contributed by atoms with Crippen LogP contribution >= 0.6 is 11.8 Å². The molecule has 6 nitrogen and oxygen atoms in total. The van der Waals surface area contributed by atoms with Crippen LogP contribution in [0.4, 0.5) is 4.79 Å². The maximum Gasteiger partial charge on any atom is 0.432 e. The van der Waals surface area contributed by atoms with Gasteiger partial charge in [0.25, 0.3) is 0 Å². The number of ether oxygens (including phenoxy) is 2. The lowest BCUT2D eigenvalue weighted by atomic mass is 9.71. The van der Waals surface area contributed by atoms with Crippen molar-refractivity contribution in [2.24, 2.45) is 0 Å². The van der Waals surface area contributed by atoms with E-state index in [-0.39, 0.29) is 0 Å². The van der Waals surface area contributed by atoms with Crippen molar-refractivity contribution >= 4 is 23.8 Å². The third kappa shape index (κ3) is 4.85. The number of unbranched alkanes of at least 4 members (excludes halogenated alkanes) is 2. The van der Waals surface area contributed by atoms with Crippen LogP contribution < -0.4 is 0 Å². The summed E-state index contributed by atoms with van der Waals surface area (Å²) in [7, 11) is 0. The first-order valence-electron chi connectivity index (χ1n) is 9.93. The molecule has 1 heterocycles. The summed E-state index contributed by atoms with van der Waals surface area (Å²) in [5.74, 6) is -0.599. The number of carbonyl (C=O) groups is 2. The van der Waals surface area contributed by atoms with Gasteiger partial charge >= 0.3 is 6.09 Å². The molecule has 28 heavy (non-hydrogen) atoms. The van der Waals surface area contributed by atoms with Gasteiger partial charge in [0.15, 0.2) is 0 Å². The quantitative estimate of drug-likeness (QED) is 0.418. The van der Waals surface area contributed by atoms with Crippen LogP contribution in [0.2, 0.25) is 0 Å². The summed E-state index contributed by atoms with van der Waals surface area (Å²) in [5, 5.41) is 11.3. The largest absolute Gasteiger partial charge is 0.445 e. The number of rotatable bonds is 7. The number of aryl methyl sites for hydroxylation is 1. The van der Waals surface area contributed by atoms with Gasteiger partial charge in [0.1, 0.15) is 11.7 Å². The Labute approximate surface area is 170 Å². The molecular weight excluding hydrogens is 382 g/mol. The fraction of sp³-hybridized carbons (Fsp3) is 0.619. The van der Waals surface area contributed by atoms with Gasteiger partial charge < -0.3 is 14.6 Å². The highest BCUT2D eigenvalue weighted by Gasteiger charge is 2.63. The number of nitrogens with zero attached hydrogens (tertiary/aromatic N) is 1. The molecule has 2 aliphatic rings. The lowest BCUT2D eigenvalue weighted by Crippen LogP contribution is -2.53. The van der Waals surface area contributed by atoms with Crippen molar-refractivity contribution in [1.82, 2.24) is 4.42 Å². The highest BCUT2D eigenvalue weighted by Crippen LogP contribution is 2.51. The van der Waals surface area contributed by atoms with Crippen LogP contribution in [-0.4, -0.2) is 45.4 Å². The van der Waals surface area contributed by atoms with E-state index in [9.17, 15) is 14.7 Å². The minimum Gasteiger partial charge on any atom is -0.445 e. The smallest absolute Gasteiger partial charge is 0.432 e. The van der Waals surface area contributed by atoms with Crippen LogP contribution in [0.25, 0.3) is 0 Å². The van der Waals surface area contributed by atoms with Crippen LogP contribution in [0.15, 0.2) is 30.3 Å². The third-order valence-corrected chi connectivity index (χ3v) is 6.26. The lowest BCUT2D eigenvalue weighted by molar-refractivity contribution is -0.125. The molecule has 1 spiro atoms. The predicted octanol–water partition coefficient (Wildman–Crippen LogP) is 3.98. The zero-order chi connectivity index (χ0) is 20.2. The van der Waals surface area contributed by atoms with Crippen LogP contribution in [-0.2, 0) is 20.7 Å². The number of aliphatic hydroxyl groups is 1. The normalized spacial score (nSPS) is 28.8. The van der Waals surface area contributed by atoms with Gasteiger partial charge in [0, 0.05) is 25.1 Å². The molecular formula is C21H28ClNO5. The zero-order valence-corrected chi connectivity index (χ0v) is 17.0. The molecule has 1 aliphatic carbocycles. The first-order chi connectivity index (χ1) is 13.4. The predicted molar refractivity (Wildman–Crippen MR) is 105 cm³/mol. The molecule has 7 heteroatoms. The van der Waals surface area contributed by atoms with Gasteiger partial charge in [-0.3, -0.25) is 4.79 Å². The van der Waals surface area contributed by atoms with E-state index in [2.05, 4.69) is 12.1 Å². The number of halogens is 1. The number of hydrogen-bond acceptors (Lipinski definition) is 5. The third-order valence-electron chi connectivity index (χ3n) is 5.88. The Morgan fingerprint density at radius 2 is 2.00 bits per heavy atom. The van der Waals surface area contributed by atoms with Gasteiger partial charge in [0.05, 0.1) is 12.2 Å². The second-order valence-electron chi connectivity index (χ2n) is 7.91. The molecule has 1 N–H and O–H groups in total. The van der Waals surface area contributed by atoms with Crippen LogP contribution in [0.5, 0.6) is 0 Å². The number of carbonyl (C=O) groups excluding carboxylic acids is 2. The molecule has 1 aliphatic heterocycles. The van der Waals surface area contributed by atoms with E-state index in [1.807, 2.05) is 18.2 Å². The molecule has 0 bridgehead atoms. The first-order valence-corrected chi connectivity index (χ1v) is 10.3. The molecule has 0 radical (unpaired) electrons. The molecule has 154 valence electrons. The minimum atomic E-state index is -1.02. The molecule has 2 fully saturated rings. The Morgan fingerprint density at radius 1 is 1.29 bits per heavy atom. The van der Waals surface area contributed by atoms with Crippen LogP contribution in [0.1, 0.15) is 57.4 Å². The monoisotopic (exact) mass is 409 g/mol. The Balaban J connectivity index is 1.48. The van der Waals surface area contributed by atoms with E-state index >= 15 is 0 Å². The molecule has 1 saturated heterocycles. The summed E-state index contributed by atoms with van der Waals surface area (Å²) < 4.78 is 11.4. The summed E-state index contributed by atoms with van der Waals surface area (Å²) in [6, 6.07) is 10.4. The van der Waals surface area contributed by atoms with E-state index in [1.54, 1.807) is 0 Å². The molecule has 0 aromatic heterocycles. The SMILES string of the molecule is CC(=O)N(Cl)C(=O)O[C@@H]1CC[C@]2(CO2)[C@](O)(CCCCCc2ccccc2)C1. The maximum atomic E-state index is 11.9. The van der Waals surface area contributed by atoms with Gasteiger partial charge in [-0.25, -0.2) is 4.79 Å².